The van der Waals surface area contributed by atoms with E-state index in [1.165, 1.54) is 0 Å². The van der Waals surface area contributed by atoms with Gasteiger partial charge >= 0.3 is 0 Å². The highest BCUT2D eigenvalue weighted by atomic mass is 79.9. The van der Waals surface area contributed by atoms with Gasteiger partial charge in [-0.3, -0.25) is 0 Å². The van der Waals surface area contributed by atoms with Crippen LogP contribution in [-0.4, -0.2) is 34.1 Å². The Morgan fingerprint density at radius 1 is 1.16 bits per heavy atom. The van der Waals surface area contributed by atoms with Crippen molar-refractivity contribution in [3.63, 3.8) is 0 Å². The quantitative estimate of drug-likeness (QED) is 0.868. The predicted molar refractivity (Wildman–Crippen MR) is 75.2 cm³/mol. The molecule has 1 saturated heterocycles. The maximum absolute atomic E-state index is 5.85. The van der Waals surface area contributed by atoms with Crippen molar-refractivity contribution >= 4 is 21.7 Å². The van der Waals surface area contributed by atoms with Crippen LogP contribution in [0.3, 0.4) is 0 Å². The van der Waals surface area contributed by atoms with Crippen molar-refractivity contribution in [2.24, 2.45) is 0 Å². The first-order chi connectivity index (χ1) is 9.33. The molecule has 0 saturated carbocycles. The molecule has 0 bridgehead atoms. The molecule has 2 aromatic heterocycles. The summed E-state index contributed by atoms with van der Waals surface area (Å²) in [7, 11) is 0. The number of ether oxygens (including phenoxy) is 1. The van der Waals surface area contributed by atoms with Crippen LogP contribution in [-0.2, 0) is 0 Å². The number of aromatic nitrogens is 3. The van der Waals surface area contributed by atoms with Crippen LogP contribution >= 0.6 is 15.9 Å². The third kappa shape index (κ3) is 2.84. The van der Waals surface area contributed by atoms with E-state index >= 15 is 0 Å². The molecule has 0 aromatic carbocycles. The van der Waals surface area contributed by atoms with Crippen molar-refractivity contribution in [3.8, 4) is 5.88 Å². The number of pyridine rings is 1. The van der Waals surface area contributed by atoms with Gasteiger partial charge in [0.2, 0.25) is 5.88 Å². The summed E-state index contributed by atoms with van der Waals surface area (Å²) in [5.41, 5.74) is 0. The zero-order chi connectivity index (χ0) is 13.1. The van der Waals surface area contributed by atoms with Gasteiger partial charge in [-0.05, 0) is 22.0 Å². The highest BCUT2D eigenvalue weighted by Crippen LogP contribution is 2.25. The second-order valence-electron chi connectivity index (χ2n) is 4.31. The lowest BCUT2D eigenvalue weighted by molar-refractivity contribution is 0.216. The van der Waals surface area contributed by atoms with Gasteiger partial charge in [0.15, 0.2) is 5.82 Å². The molecule has 1 aliphatic heterocycles. The molecule has 3 heterocycles. The molecule has 6 heteroatoms. The minimum atomic E-state index is 0.142. The fraction of sp³-hybridized carbons (Fsp3) is 0.308. The number of hydrogen-bond acceptors (Lipinski definition) is 5. The number of nitrogens with zero attached hydrogens (tertiary/aromatic N) is 4. The molecule has 0 aliphatic carbocycles. The number of rotatable bonds is 3. The summed E-state index contributed by atoms with van der Waals surface area (Å²) in [5.74, 6) is 1.54. The van der Waals surface area contributed by atoms with E-state index in [2.05, 4.69) is 35.8 Å². The van der Waals surface area contributed by atoms with Gasteiger partial charge in [-0.2, -0.15) is 0 Å². The van der Waals surface area contributed by atoms with Gasteiger partial charge < -0.3 is 9.64 Å². The average molecular weight is 321 g/mol. The van der Waals surface area contributed by atoms with E-state index in [-0.39, 0.29) is 6.10 Å². The van der Waals surface area contributed by atoms with Gasteiger partial charge in [0, 0.05) is 37.6 Å². The normalized spacial score (nSPS) is 18.6. The van der Waals surface area contributed by atoms with Crippen molar-refractivity contribution in [2.45, 2.75) is 12.5 Å². The Kier molecular flexibility index (Phi) is 3.59. The summed E-state index contributed by atoms with van der Waals surface area (Å²) >= 11 is 3.42. The van der Waals surface area contributed by atoms with E-state index in [0.29, 0.717) is 5.88 Å². The fourth-order valence-electron chi connectivity index (χ4n) is 2.13. The van der Waals surface area contributed by atoms with Crippen LogP contribution in [0.15, 0.2) is 41.4 Å². The zero-order valence-corrected chi connectivity index (χ0v) is 11.8. The highest BCUT2D eigenvalue weighted by Gasteiger charge is 2.26. The van der Waals surface area contributed by atoms with Gasteiger partial charge in [0.1, 0.15) is 10.7 Å². The molecular weight excluding hydrogens is 308 g/mol. The topological polar surface area (TPSA) is 51.1 Å². The second-order valence-corrected chi connectivity index (χ2v) is 5.06. The van der Waals surface area contributed by atoms with E-state index < -0.39 is 0 Å². The first-order valence-corrected chi connectivity index (χ1v) is 6.91. The maximum atomic E-state index is 5.85. The largest absolute Gasteiger partial charge is 0.472 e. The summed E-state index contributed by atoms with van der Waals surface area (Å²) in [5, 5.41) is 0. The number of hydrogen-bond donors (Lipinski definition) is 0. The summed E-state index contributed by atoms with van der Waals surface area (Å²) in [4.78, 5) is 14.9. The molecule has 0 radical (unpaired) electrons. The van der Waals surface area contributed by atoms with E-state index in [1.807, 2.05) is 18.2 Å². The van der Waals surface area contributed by atoms with Crippen LogP contribution < -0.4 is 9.64 Å². The van der Waals surface area contributed by atoms with Crippen molar-refractivity contribution in [1.29, 1.82) is 0 Å². The minimum absolute atomic E-state index is 0.142. The molecule has 1 unspecified atom stereocenters. The lowest BCUT2D eigenvalue weighted by atomic mass is 10.3. The Hall–Kier alpha value is -1.69. The molecular formula is C13H13BrN4O. The van der Waals surface area contributed by atoms with Crippen LogP contribution in [0.4, 0.5) is 5.82 Å². The third-order valence-corrected chi connectivity index (χ3v) is 3.56. The number of halogens is 1. The monoisotopic (exact) mass is 320 g/mol. The van der Waals surface area contributed by atoms with Crippen molar-refractivity contribution in [1.82, 2.24) is 15.0 Å². The first-order valence-electron chi connectivity index (χ1n) is 6.12. The van der Waals surface area contributed by atoms with Crippen LogP contribution in [0, 0.1) is 0 Å². The second kappa shape index (κ2) is 5.52. The van der Waals surface area contributed by atoms with Crippen LogP contribution in [0.25, 0.3) is 0 Å². The molecule has 0 amide bonds. The molecule has 1 fully saturated rings. The smallest absolute Gasteiger partial charge is 0.213 e. The summed E-state index contributed by atoms with van der Waals surface area (Å²) < 4.78 is 6.62. The van der Waals surface area contributed by atoms with Crippen LogP contribution in [0.5, 0.6) is 5.88 Å². The molecule has 1 atom stereocenters. The molecule has 2 aromatic rings. The average Bonchev–Trinajstić information content (AvgIpc) is 2.89. The van der Waals surface area contributed by atoms with Crippen LogP contribution in [0.2, 0.25) is 0 Å². The Balaban J connectivity index is 1.66. The Bertz CT molecular complexity index is 551. The lowest BCUT2D eigenvalue weighted by Gasteiger charge is -2.18. The standard InChI is InChI=1S/C13H13BrN4O/c14-12-13(17-7-6-16-12)18-8-4-10(9-18)19-11-3-1-2-5-15-11/h1-3,5-7,10H,4,8-9H2. The number of anilines is 1. The molecule has 98 valence electrons. The summed E-state index contributed by atoms with van der Waals surface area (Å²) in [6.45, 7) is 1.71. The molecule has 1 aliphatic rings. The SMILES string of the molecule is Brc1nccnc1N1CCC(Oc2ccccn2)C1. The summed E-state index contributed by atoms with van der Waals surface area (Å²) in [6, 6.07) is 5.68. The fourth-order valence-corrected chi connectivity index (χ4v) is 2.60. The van der Waals surface area contributed by atoms with E-state index in [4.69, 9.17) is 4.74 Å². The van der Waals surface area contributed by atoms with E-state index in [1.54, 1.807) is 18.6 Å². The van der Waals surface area contributed by atoms with Crippen LogP contribution in [0.1, 0.15) is 6.42 Å². The molecule has 3 rings (SSSR count). The van der Waals surface area contributed by atoms with E-state index in [0.717, 1.165) is 29.9 Å². The first kappa shape index (κ1) is 12.3. The molecule has 5 nitrogen and oxygen atoms in total. The van der Waals surface area contributed by atoms with Crippen molar-refractivity contribution in [2.75, 3.05) is 18.0 Å². The van der Waals surface area contributed by atoms with Crippen molar-refractivity contribution in [3.05, 3.63) is 41.4 Å². The summed E-state index contributed by atoms with van der Waals surface area (Å²) in [6.07, 6.45) is 6.21. The van der Waals surface area contributed by atoms with Gasteiger partial charge in [-0.25, -0.2) is 15.0 Å². The maximum Gasteiger partial charge on any atom is 0.213 e. The predicted octanol–water partition coefficient (Wildman–Crippen LogP) is 2.29. The van der Waals surface area contributed by atoms with Gasteiger partial charge in [-0.15, -0.1) is 0 Å². The lowest BCUT2D eigenvalue weighted by Crippen LogP contribution is -2.25. The van der Waals surface area contributed by atoms with E-state index in [9.17, 15) is 0 Å². The molecule has 19 heavy (non-hydrogen) atoms. The van der Waals surface area contributed by atoms with Gasteiger partial charge in [0.05, 0.1) is 6.54 Å². The Morgan fingerprint density at radius 3 is 2.84 bits per heavy atom. The molecule has 0 spiro atoms. The van der Waals surface area contributed by atoms with Gasteiger partial charge in [0.25, 0.3) is 0 Å². The Morgan fingerprint density at radius 2 is 2.05 bits per heavy atom. The van der Waals surface area contributed by atoms with Crippen molar-refractivity contribution < 1.29 is 4.74 Å². The minimum Gasteiger partial charge on any atom is -0.472 e. The van der Waals surface area contributed by atoms with Gasteiger partial charge in [-0.1, -0.05) is 6.07 Å². The molecule has 0 N–H and O–H groups in total. The zero-order valence-electron chi connectivity index (χ0n) is 10.2. The Labute approximate surface area is 119 Å². The third-order valence-electron chi connectivity index (χ3n) is 3.01. The highest BCUT2D eigenvalue weighted by molar-refractivity contribution is 9.10.